The molecule has 2 heterocycles. The van der Waals surface area contributed by atoms with Crippen molar-refractivity contribution in [3.63, 3.8) is 0 Å². The van der Waals surface area contributed by atoms with E-state index in [0.29, 0.717) is 41.1 Å². The molecule has 0 fully saturated rings. The summed E-state index contributed by atoms with van der Waals surface area (Å²) in [6.45, 7) is 1.88. The molecule has 6 nitrogen and oxygen atoms in total. The molecule has 3 rings (SSSR count). The Bertz CT molecular complexity index is 1000. The van der Waals surface area contributed by atoms with Gasteiger partial charge in [0.1, 0.15) is 16.7 Å². The first kappa shape index (κ1) is 21.8. The number of benzene rings is 1. The van der Waals surface area contributed by atoms with Crippen molar-refractivity contribution in [2.45, 2.75) is 36.1 Å². The van der Waals surface area contributed by atoms with E-state index >= 15 is 0 Å². The summed E-state index contributed by atoms with van der Waals surface area (Å²) in [7, 11) is 0. The van der Waals surface area contributed by atoms with Crippen LogP contribution in [-0.2, 0) is 17.4 Å². The minimum atomic E-state index is -4.47. The molecule has 0 bridgehead atoms. The van der Waals surface area contributed by atoms with Crippen LogP contribution in [0.1, 0.15) is 24.7 Å². The lowest BCUT2D eigenvalue weighted by molar-refractivity contribution is -0.137. The van der Waals surface area contributed by atoms with Crippen molar-refractivity contribution in [2.75, 3.05) is 6.54 Å². The summed E-state index contributed by atoms with van der Waals surface area (Å²) in [5.41, 5.74) is -0.240. The van der Waals surface area contributed by atoms with Crippen molar-refractivity contribution in [1.29, 1.82) is 0 Å². The van der Waals surface area contributed by atoms with Gasteiger partial charge in [0, 0.05) is 31.8 Å². The van der Waals surface area contributed by atoms with Crippen LogP contribution in [-0.4, -0.2) is 32.2 Å². The smallest absolute Gasteiger partial charge is 0.356 e. The van der Waals surface area contributed by atoms with Gasteiger partial charge in [0.05, 0.1) is 5.56 Å². The third-order valence-corrected chi connectivity index (χ3v) is 4.89. The number of rotatable bonds is 7. The Morgan fingerprint density at radius 1 is 1.13 bits per heavy atom. The van der Waals surface area contributed by atoms with Gasteiger partial charge in [0.15, 0.2) is 0 Å². The van der Waals surface area contributed by atoms with Crippen molar-refractivity contribution in [1.82, 2.24) is 25.1 Å². The molecular formula is C19H17F4N5OS. The molecule has 0 saturated carbocycles. The molecule has 0 aliphatic carbocycles. The average molecular weight is 439 g/mol. The average Bonchev–Trinajstić information content (AvgIpc) is 3.08. The van der Waals surface area contributed by atoms with Crippen LogP contribution in [0.5, 0.6) is 0 Å². The lowest BCUT2D eigenvalue weighted by atomic mass is 10.2. The van der Waals surface area contributed by atoms with Crippen molar-refractivity contribution >= 4 is 17.7 Å². The van der Waals surface area contributed by atoms with Crippen LogP contribution in [0.2, 0.25) is 0 Å². The largest absolute Gasteiger partial charge is 0.417 e. The van der Waals surface area contributed by atoms with Gasteiger partial charge >= 0.3 is 6.18 Å². The van der Waals surface area contributed by atoms with Gasteiger partial charge in [-0.05, 0) is 54.6 Å². The molecule has 0 aliphatic rings. The second-order valence-electron chi connectivity index (χ2n) is 6.28. The molecule has 0 aliphatic heterocycles. The van der Waals surface area contributed by atoms with Crippen molar-refractivity contribution in [3.8, 4) is 5.69 Å². The van der Waals surface area contributed by atoms with E-state index in [9.17, 15) is 22.4 Å². The standard InChI is InChI=1S/C19H17F4N5OS/c1-12(29)24-10-2-3-16-26-27-18(28(16)15-7-5-14(20)6-8-15)30-17-9-4-13(11-25-17)19(21,22)23/h4-9,11H,2-3,10H2,1H3,(H,24,29). The van der Waals surface area contributed by atoms with E-state index in [4.69, 9.17) is 0 Å². The fraction of sp³-hybridized carbons (Fsp3) is 0.263. The summed E-state index contributed by atoms with van der Waals surface area (Å²) in [4.78, 5) is 14.9. The Morgan fingerprint density at radius 2 is 1.87 bits per heavy atom. The zero-order chi connectivity index (χ0) is 21.7. The Morgan fingerprint density at radius 3 is 2.47 bits per heavy atom. The van der Waals surface area contributed by atoms with Crippen LogP contribution < -0.4 is 5.32 Å². The highest BCUT2D eigenvalue weighted by Crippen LogP contribution is 2.32. The summed E-state index contributed by atoms with van der Waals surface area (Å²) < 4.78 is 53.2. The molecule has 0 spiro atoms. The number of alkyl halides is 3. The van der Waals surface area contributed by atoms with Crippen LogP contribution in [0.4, 0.5) is 17.6 Å². The monoisotopic (exact) mass is 439 g/mol. The van der Waals surface area contributed by atoms with Crippen molar-refractivity contribution in [3.05, 3.63) is 59.8 Å². The predicted octanol–water partition coefficient (Wildman–Crippen LogP) is 4.04. The summed E-state index contributed by atoms with van der Waals surface area (Å²) in [5, 5.41) is 11.7. The molecule has 158 valence electrons. The Balaban J connectivity index is 1.86. The predicted molar refractivity (Wildman–Crippen MR) is 102 cm³/mol. The number of nitrogens with one attached hydrogen (secondary N) is 1. The fourth-order valence-electron chi connectivity index (χ4n) is 2.59. The Hall–Kier alpha value is -2.95. The highest BCUT2D eigenvalue weighted by Gasteiger charge is 2.30. The number of carbonyl (C=O) groups is 1. The molecule has 1 aromatic carbocycles. The van der Waals surface area contributed by atoms with E-state index in [0.717, 1.165) is 24.0 Å². The summed E-state index contributed by atoms with van der Waals surface area (Å²) >= 11 is 1.04. The van der Waals surface area contributed by atoms with Gasteiger partial charge in [0.25, 0.3) is 0 Å². The first-order valence-electron chi connectivity index (χ1n) is 8.90. The van der Waals surface area contributed by atoms with Gasteiger partial charge in [-0.3, -0.25) is 9.36 Å². The lowest BCUT2D eigenvalue weighted by Gasteiger charge is -2.11. The third-order valence-electron chi connectivity index (χ3n) is 4.00. The summed E-state index contributed by atoms with van der Waals surface area (Å²) in [5.74, 6) is 0.0265. The van der Waals surface area contributed by atoms with Gasteiger partial charge in [-0.15, -0.1) is 10.2 Å². The van der Waals surface area contributed by atoms with E-state index in [1.54, 1.807) is 16.7 Å². The topological polar surface area (TPSA) is 72.7 Å². The fourth-order valence-corrected chi connectivity index (χ4v) is 3.40. The van der Waals surface area contributed by atoms with Crippen LogP contribution in [0.15, 0.2) is 52.8 Å². The number of hydrogen-bond donors (Lipinski definition) is 1. The van der Waals surface area contributed by atoms with Crippen molar-refractivity contribution < 1.29 is 22.4 Å². The lowest BCUT2D eigenvalue weighted by Crippen LogP contribution is -2.21. The molecule has 0 saturated heterocycles. The molecular weight excluding hydrogens is 422 g/mol. The van der Waals surface area contributed by atoms with Crippen LogP contribution in [0, 0.1) is 5.82 Å². The normalized spacial score (nSPS) is 11.5. The molecule has 11 heteroatoms. The number of carbonyl (C=O) groups excluding carboxylic acids is 1. The van der Waals surface area contributed by atoms with Gasteiger partial charge < -0.3 is 5.32 Å². The number of aryl methyl sites for hydroxylation is 1. The van der Waals surface area contributed by atoms with E-state index < -0.39 is 17.6 Å². The van der Waals surface area contributed by atoms with Crippen LogP contribution in [0.25, 0.3) is 5.69 Å². The van der Waals surface area contributed by atoms with E-state index in [-0.39, 0.29) is 5.91 Å². The van der Waals surface area contributed by atoms with E-state index in [1.807, 2.05) is 0 Å². The molecule has 0 radical (unpaired) electrons. The minimum absolute atomic E-state index is 0.139. The molecule has 1 N–H and O–H groups in total. The molecule has 3 aromatic rings. The third kappa shape index (κ3) is 5.56. The first-order valence-corrected chi connectivity index (χ1v) is 9.71. The maximum atomic E-state index is 13.3. The molecule has 0 unspecified atom stereocenters. The second-order valence-corrected chi connectivity index (χ2v) is 7.27. The molecule has 1 amide bonds. The van der Waals surface area contributed by atoms with Crippen LogP contribution in [0.3, 0.4) is 0 Å². The van der Waals surface area contributed by atoms with Gasteiger partial charge in [-0.25, -0.2) is 9.37 Å². The first-order chi connectivity index (χ1) is 14.2. The minimum Gasteiger partial charge on any atom is -0.356 e. The maximum Gasteiger partial charge on any atom is 0.417 e. The van der Waals surface area contributed by atoms with E-state index in [1.165, 1.54) is 25.1 Å². The molecule has 30 heavy (non-hydrogen) atoms. The van der Waals surface area contributed by atoms with Gasteiger partial charge in [-0.1, -0.05) is 0 Å². The Kier molecular flexibility index (Phi) is 6.70. The molecule has 2 aromatic heterocycles. The highest BCUT2D eigenvalue weighted by atomic mass is 32.2. The number of hydrogen-bond acceptors (Lipinski definition) is 5. The van der Waals surface area contributed by atoms with Gasteiger partial charge in [-0.2, -0.15) is 13.2 Å². The number of nitrogens with zero attached hydrogens (tertiary/aromatic N) is 4. The zero-order valence-electron chi connectivity index (χ0n) is 15.8. The maximum absolute atomic E-state index is 13.3. The quantitative estimate of drug-likeness (QED) is 0.444. The van der Waals surface area contributed by atoms with Gasteiger partial charge in [0.2, 0.25) is 11.1 Å². The van der Waals surface area contributed by atoms with Crippen molar-refractivity contribution in [2.24, 2.45) is 0 Å². The summed E-state index contributed by atoms with van der Waals surface area (Å²) in [6.07, 6.45) is -2.63. The Labute approximate surface area is 173 Å². The number of halogens is 4. The number of amides is 1. The zero-order valence-corrected chi connectivity index (χ0v) is 16.6. The van der Waals surface area contributed by atoms with Crippen LogP contribution >= 0.6 is 11.8 Å². The molecule has 0 atom stereocenters. The van der Waals surface area contributed by atoms with E-state index in [2.05, 4.69) is 20.5 Å². The second kappa shape index (κ2) is 9.24. The highest BCUT2D eigenvalue weighted by molar-refractivity contribution is 7.99. The summed E-state index contributed by atoms with van der Waals surface area (Å²) in [6, 6.07) is 7.90. The number of pyridine rings is 1. The number of aromatic nitrogens is 4. The SMILES string of the molecule is CC(=O)NCCCc1nnc(Sc2ccc(C(F)(F)F)cn2)n1-c1ccc(F)cc1.